The first kappa shape index (κ1) is 13.0. The highest BCUT2D eigenvalue weighted by Crippen LogP contribution is 2.18. The number of methoxy groups -OCH3 is 1. The first-order valence-corrected chi connectivity index (χ1v) is 6.36. The minimum atomic E-state index is 0.760. The molecule has 2 aromatic rings. The maximum atomic E-state index is 5.01. The van der Waals surface area contributed by atoms with E-state index in [0.717, 1.165) is 37.3 Å². The van der Waals surface area contributed by atoms with Gasteiger partial charge >= 0.3 is 0 Å². The first-order chi connectivity index (χ1) is 8.81. The number of rotatable bonds is 6. The number of nitrogens with one attached hydrogen (secondary N) is 1. The standard InChI is InChI=1S/C15H20N2O/c1-12-11-13(7-8-16-9-10-18-2)14-5-3-4-6-15(14)17-12/h3-6,11,16H,7-10H2,1-2H3. The van der Waals surface area contributed by atoms with E-state index in [1.165, 1.54) is 10.9 Å². The fourth-order valence-corrected chi connectivity index (χ4v) is 2.12. The van der Waals surface area contributed by atoms with Gasteiger partial charge < -0.3 is 10.1 Å². The Labute approximate surface area is 108 Å². The number of aromatic nitrogens is 1. The van der Waals surface area contributed by atoms with Gasteiger partial charge in [0.1, 0.15) is 0 Å². The zero-order chi connectivity index (χ0) is 12.8. The van der Waals surface area contributed by atoms with Crippen LogP contribution in [0, 0.1) is 6.92 Å². The summed E-state index contributed by atoms with van der Waals surface area (Å²) in [7, 11) is 1.72. The van der Waals surface area contributed by atoms with E-state index in [1.54, 1.807) is 7.11 Å². The van der Waals surface area contributed by atoms with E-state index in [0.29, 0.717) is 0 Å². The molecular weight excluding hydrogens is 224 g/mol. The number of nitrogens with zero attached hydrogens (tertiary/aromatic N) is 1. The molecule has 1 N–H and O–H groups in total. The predicted molar refractivity (Wildman–Crippen MR) is 74.9 cm³/mol. The summed E-state index contributed by atoms with van der Waals surface area (Å²) in [4.78, 5) is 4.55. The van der Waals surface area contributed by atoms with Crippen molar-refractivity contribution in [2.75, 3.05) is 26.8 Å². The Morgan fingerprint density at radius 3 is 2.89 bits per heavy atom. The lowest BCUT2D eigenvalue weighted by Gasteiger charge is -2.08. The van der Waals surface area contributed by atoms with Gasteiger partial charge in [-0.1, -0.05) is 18.2 Å². The molecular formula is C15H20N2O. The van der Waals surface area contributed by atoms with Gasteiger partial charge in [0.15, 0.2) is 0 Å². The largest absolute Gasteiger partial charge is 0.383 e. The van der Waals surface area contributed by atoms with Crippen LogP contribution in [0.3, 0.4) is 0 Å². The SMILES string of the molecule is COCCNCCc1cc(C)nc2ccccc12. The van der Waals surface area contributed by atoms with Crippen LogP contribution in [0.2, 0.25) is 0 Å². The van der Waals surface area contributed by atoms with Crippen LogP contribution in [0.1, 0.15) is 11.3 Å². The van der Waals surface area contributed by atoms with Crippen LogP contribution in [0.5, 0.6) is 0 Å². The maximum Gasteiger partial charge on any atom is 0.0707 e. The highest BCUT2D eigenvalue weighted by molar-refractivity contribution is 5.82. The number of para-hydroxylation sites is 1. The van der Waals surface area contributed by atoms with Crippen LogP contribution in [0.25, 0.3) is 10.9 Å². The number of ether oxygens (including phenoxy) is 1. The average molecular weight is 244 g/mol. The molecule has 0 bridgehead atoms. The van der Waals surface area contributed by atoms with E-state index in [4.69, 9.17) is 4.74 Å². The summed E-state index contributed by atoms with van der Waals surface area (Å²) in [6, 6.07) is 10.5. The molecule has 0 unspecified atom stereocenters. The van der Waals surface area contributed by atoms with Crippen molar-refractivity contribution in [3.05, 3.63) is 41.6 Å². The topological polar surface area (TPSA) is 34.1 Å². The van der Waals surface area contributed by atoms with E-state index in [-0.39, 0.29) is 0 Å². The fourth-order valence-electron chi connectivity index (χ4n) is 2.12. The van der Waals surface area contributed by atoms with E-state index >= 15 is 0 Å². The predicted octanol–water partition coefficient (Wildman–Crippen LogP) is 2.32. The second-order valence-electron chi connectivity index (χ2n) is 4.43. The molecule has 1 aromatic carbocycles. The van der Waals surface area contributed by atoms with Gasteiger partial charge in [-0.05, 0) is 37.6 Å². The molecule has 3 heteroatoms. The van der Waals surface area contributed by atoms with Crippen LogP contribution in [-0.2, 0) is 11.2 Å². The molecule has 0 aliphatic heterocycles. The molecule has 0 saturated carbocycles. The van der Waals surface area contributed by atoms with Crippen LogP contribution in [0.4, 0.5) is 0 Å². The Morgan fingerprint density at radius 2 is 2.06 bits per heavy atom. The minimum absolute atomic E-state index is 0.760. The summed E-state index contributed by atoms with van der Waals surface area (Å²) in [5.41, 5.74) is 3.54. The van der Waals surface area contributed by atoms with Crippen molar-refractivity contribution in [1.29, 1.82) is 0 Å². The lowest BCUT2D eigenvalue weighted by Crippen LogP contribution is -2.21. The molecule has 0 aliphatic rings. The van der Waals surface area contributed by atoms with Gasteiger partial charge in [0.2, 0.25) is 0 Å². The molecule has 1 aromatic heterocycles. The number of aryl methyl sites for hydroxylation is 1. The zero-order valence-corrected chi connectivity index (χ0v) is 11.1. The molecule has 0 aliphatic carbocycles. The third kappa shape index (κ3) is 3.28. The molecule has 3 nitrogen and oxygen atoms in total. The Bertz CT molecular complexity index is 511. The second kappa shape index (κ2) is 6.47. The number of fused-ring (bicyclic) bond motifs is 1. The van der Waals surface area contributed by atoms with E-state index in [1.807, 2.05) is 13.0 Å². The molecule has 0 atom stereocenters. The molecule has 18 heavy (non-hydrogen) atoms. The minimum Gasteiger partial charge on any atom is -0.383 e. The molecule has 1 heterocycles. The van der Waals surface area contributed by atoms with Crippen molar-refractivity contribution in [2.45, 2.75) is 13.3 Å². The summed E-state index contributed by atoms with van der Waals surface area (Å²) in [5.74, 6) is 0. The Balaban J connectivity index is 2.07. The highest BCUT2D eigenvalue weighted by atomic mass is 16.5. The van der Waals surface area contributed by atoms with Gasteiger partial charge in [-0.2, -0.15) is 0 Å². The van der Waals surface area contributed by atoms with Gasteiger partial charge in [-0.3, -0.25) is 4.98 Å². The highest BCUT2D eigenvalue weighted by Gasteiger charge is 2.03. The van der Waals surface area contributed by atoms with E-state index in [9.17, 15) is 0 Å². The van der Waals surface area contributed by atoms with Crippen molar-refractivity contribution in [2.24, 2.45) is 0 Å². The van der Waals surface area contributed by atoms with Gasteiger partial charge in [0.05, 0.1) is 12.1 Å². The Hall–Kier alpha value is -1.45. The summed E-state index contributed by atoms with van der Waals surface area (Å²) in [6.45, 7) is 4.68. The van der Waals surface area contributed by atoms with Crippen LogP contribution >= 0.6 is 0 Å². The van der Waals surface area contributed by atoms with Crippen molar-refractivity contribution in [3.8, 4) is 0 Å². The molecule has 0 radical (unpaired) electrons. The Kier molecular flexibility index (Phi) is 4.67. The van der Waals surface area contributed by atoms with Crippen molar-refractivity contribution >= 4 is 10.9 Å². The molecule has 0 fully saturated rings. The first-order valence-electron chi connectivity index (χ1n) is 6.36. The molecule has 2 rings (SSSR count). The number of pyridine rings is 1. The van der Waals surface area contributed by atoms with E-state index in [2.05, 4.69) is 34.6 Å². The smallest absolute Gasteiger partial charge is 0.0707 e. The third-order valence-corrected chi connectivity index (χ3v) is 2.98. The van der Waals surface area contributed by atoms with Crippen molar-refractivity contribution in [3.63, 3.8) is 0 Å². The van der Waals surface area contributed by atoms with Gasteiger partial charge in [0.25, 0.3) is 0 Å². The summed E-state index contributed by atoms with van der Waals surface area (Å²) in [5, 5.41) is 4.63. The summed E-state index contributed by atoms with van der Waals surface area (Å²) < 4.78 is 5.01. The Morgan fingerprint density at radius 1 is 1.22 bits per heavy atom. The number of hydrogen-bond donors (Lipinski definition) is 1. The van der Waals surface area contributed by atoms with Gasteiger partial charge in [0, 0.05) is 24.7 Å². The lowest BCUT2D eigenvalue weighted by molar-refractivity contribution is 0.199. The number of hydrogen-bond acceptors (Lipinski definition) is 3. The average Bonchev–Trinajstić information content (AvgIpc) is 2.38. The van der Waals surface area contributed by atoms with E-state index < -0.39 is 0 Å². The van der Waals surface area contributed by atoms with Gasteiger partial charge in [-0.15, -0.1) is 0 Å². The van der Waals surface area contributed by atoms with Crippen molar-refractivity contribution < 1.29 is 4.74 Å². The van der Waals surface area contributed by atoms with Gasteiger partial charge in [-0.25, -0.2) is 0 Å². The zero-order valence-electron chi connectivity index (χ0n) is 11.1. The molecule has 0 saturated heterocycles. The summed E-state index contributed by atoms with van der Waals surface area (Å²) in [6.07, 6.45) is 1.02. The van der Waals surface area contributed by atoms with Crippen LogP contribution in [0.15, 0.2) is 30.3 Å². The third-order valence-electron chi connectivity index (χ3n) is 2.98. The lowest BCUT2D eigenvalue weighted by atomic mass is 10.1. The van der Waals surface area contributed by atoms with Crippen molar-refractivity contribution in [1.82, 2.24) is 10.3 Å². The monoisotopic (exact) mass is 244 g/mol. The fraction of sp³-hybridized carbons (Fsp3) is 0.400. The van der Waals surface area contributed by atoms with Crippen LogP contribution in [-0.4, -0.2) is 31.8 Å². The second-order valence-corrected chi connectivity index (χ2v) is 4.43. The number of benzene rings is 1. The summed E-state index contributed by atoms with van der Waals surface area (Å²) >= 11 is 0. The maximum absolute atomic E-state index is 5.01. The normalized spacial score (nSPS) is 11.0. The van der Waals surface area contributed by atoms with Crippen LogP contribution < -0.4 is 5.32 Å². The molecule has 0 amide bonds. The molecule has 96 valence electrons. The molecule has 0 spiro atoms. The quantitative estimate of drug-likeness (QED) is 0.792.